The van der Waals surface area contributed by atoms with Crippen molar-refractivity contribution in [1.82, 2.24) is 15.5 Å². The van der Waals surface area contributed by atoms with Crippen LogP contribution in [0.25, 0.3) is 10.2 Å². The van der Waals surface area contributed by atoms with Gasteiger partial charge >= 0.3 is 0 Å². The molecule has 0 aromatic carbocycles. The van der Waals surface area contributed by atoms with Crippen LogP contribution in [0.1, 0.15) is 42.5 Å². The molecule has 0 aliphatic carbocycles. The van der Waals surface area contributed by atoms with Gasteiger partial charge in [-0.1, -0.05) is 12.1 Å². The SMILES string of the molecule is CCc1noc(C)c1CNC(C)c1cnc2ccsc2c1. The van der Waals surface area contributed by atoms with Crippen molar-refractivity contribution in [3.8, 4) is 0 Å². The normalized spacial score (nSPS) is 12.9. The molecule has 0 fully saturated rings. The van der Waals surface area contributed by atoms with Crippen molar-refractivity contribution in [2.75, 3.05) is 0 Å². The van der Waals surface area contributed by atoms with Crippen molar-refractivity contribution in [3.05, 3.63) is 46.3 Å². The van der Waals surface area contributed by atoms with Gasteiger partial charge in [-0.25, -0.2) is 0 Å². The number of fused-ring (bicyclic) bond motifs is 1. The number of nitrogens with zero attached hydrogens (tertiary/aromatic N) is 2. The minimum Gasteiger partial charge on any atom is -0.361 e. The van der Waals surface area contributed by atoms with Gasteiger partial charge in [-0.3, -0.25) is 4.98 Å². The smallest absolute Gasteiger partial charge is 0.138 e. The number of thiophene rings is 1. The first kappa shape index (κ1) is 14.2. The van der Waals surface area contributed by atoms with Gasteiger partial charge in [0.05, 0.1) is 15.9 Å². The van der Waals surface area contributed by atoms with E-state index in [2.05, 4.69) is 46.8 Å². The Kier molecular flexibility index (Phi) is 4.03. The van der Waals surface area contributed by atoms with Crippen LogP contribution >= 0.6 is 11.3 Å². The fourth-order valence-electron chi connectivity index (χ4n) is 2.41. The lowest BCUT2D eigenvalue weighted by Crippen LogP contribution is -2.19. The second kappa shape index (κ2) is 5.95. The van der Waals surface area contributed by atoms with Gasteiger partial charge in [0.15, 0.2) is 0 Å². The van der Waals surface area contributed by atoms with E-state index in [-0.39, 0.29) is 6.04 Å². The largest absolute Gasteiger partial charge is 0.361 e. The van der Waals surface area contributed by atoms with Crippen LogP contribution in [0.3, 0.4) is 0 Å². The maximum absolute atomic E-state index is 5.27. The van der Waals surface area contributed by atoms with Gasteiger partial charge in [0.1, 0.15) is 5.76 Å². The Hall–Kier alpha value is -1.72. The fourth-order valence-corrected chi connectivity index (χ4v) is 3.20. The highest BCUT2D eigenvalue weighted by Crippen LogP contribution is 2.23. The Labute approximate surface area is 128 Å². The van der Waals surface area contributed by atoms with E-state index in [1.807, 2.05) is 13.1 Å². The molecule has 0 aliphatic rings. The molecule has 4 nitrogen and oxygen atoms in total. The summed E-state index contributed by atoms with van der Waals surface area (Å²) in [7, 11) is 0. The van der Waals surface area contributed by atoms with Gasteiger partial charge in [-0.15, -0.1) is 11.3 Å². The van der Waals surface area contributed by atoms with E-state index in [4.69, 9.17) is 4.52 Å². The van der Waals surface area contributed by atoms with Crippen molar-refractivity contribution in [3.63, 3.8) is 0 Å². The average molecular weight is 301 g/mol. The third kappa shape index (κ3) is 2.84. The van der Waals surface area contributed by atoms with Gasteiger partial charge < -0.3 is 9.84 Å². The molecule has 0 amide bonds. The maximum Gasteiger partial charge on any atom is 0.138 e. The molecule has 1 atom stereocenters. The van der Waals surface area contributed by atoms with Gasteiger partial charge in [-0.2, -0.15) is 0 Å². The summed E-state index contributed by atoms with van der Waals surface area (Å²) in [6.07, 6.45) is 2.85. The third-order valence-electron chi connectivity index (χ3n) is 3.81. The third-order valence-corrected chi connectivity index (χ3v) is 4.66. The number of rotatable bonds is 5. The Morgan fingerprint density at radius 3 is 3.10 bits per heavy atom. The first-order valence-corrected chi connectivity index (χ1v) is 8.07. The molecule has 110 valence electrons. The zero-order valence-corrected chi connectivity index (χ0v) is 13.3. The van der Waals surface area contributed by atoms with Crippen molar-refractivity contribution >= 4 is 21.6 Å². The summed E-state index contributed by atoms with van der Waals surface area (Å²) < 4.78 is 6.50. The Bertz CT molecular complexity index is 747. The molecule has 3 aromatic heterocycles. The number of nitrogens with one attached hydrogen (secondary N) is 1. The minimum atomic E-state index is 0.239. The molecule has 0 spiro atoms. The first-order chi connectivity index (χ1) is 10.2. The second-order valence-electron chi connectivity index (χ2n) is 5.19. The van der Waals surface area contributed by atoms with Crippen molar-refractivity contribution < 1.29 is 4.52 Å². The Morgan fingerprint density at radius 1 is 1.43 bits per heavy atom. The van der Waals surface area contributed by atoms with Crippen LogP contribution in [0.2, 0.25) is 0 Å². The molecule has 3 heterocycles. The standard InChI is InChI=1S/C16H19N3OS/c1-4-14-13(11(3)20-19-14)9-17-10(2)12-7-16-15(18-8-12)5-6-21-16/h5-8,10,17H,4,9H2,1-3H3. The average Bonchev–Trinajstić information content (AvgIpc) is 3.10. The quantitative estimate of drug-likeness (QED) is 0.773. The number of hydrogen-bond donors (Lipinski definition) is 1. The van der Waals surface area contributed by atoms with Crippen molar-refractivity contribution in [2.45, 2.75) is 39.8 Å². The molecular formula is C16H19N3OS. The highest BCUT2D eigenvalue weighted by molar-refractivity contribution is 7.17. The van der Waals surface area contributed by atoms with E-state index < -0.39 is 0 Å². The number of aryl methyl sites for hydroxylation is 2. The predicted octanol–water partition coefficient (Wildman–Crippen LogP) is 4.01. The Morgan fingerprint density at radius 2 is 2.29 bits per heavy atom. The van der Waals surface area contributed by atoms with Gasteiger partial charge in [-0.05, 0) is 43.3 Å². The van der Waals surface area contributed by atoms with Crippen LogP contribution in [0.5, 0.6) is 0 Å². The van der Waals surface area contributed by atoms with Crippen molar-refractivity contribution in [2.24, 2.45) is 0 Å². The lowest BCUT2D eigenvalue weighted by Gasteiger charge is -2.14. The van der Waals surface area contributed by atoms with Crippen LogP contribution in [0.15, 0.2) is 28.2 Å². The molecule has 0 aliphatic heterocycles. The first-order valence-electron chi connectivity index (χ1n) is 7.19. The molecule has 0 bridgehead atoms. The van der Waals surface area contributed by atoms with Crippen LogP contribution in [0.4, 0.5) is 0 Å². The molecular weight excluding hydrogens is 282 g/mol. The van der Waals surface area contributed by atoms with Gasteiger partial charge in [0.25, 0.3) is 0 Å². The fraction of sp³-hybridized carbons (Fsp3) is 0.375. The molecule has 1 unspecified atom stereocenters. The summed E-state index contributed by atoms with van der Waals surface area (Å²) in [5, 5.41) is 9.71. The molecule has 5 heteroatoms. The van der Waals surface area contributed by atoms with E-state index in [9.17, 15) is 0 Å². The molecule has 3 rings (SSSR count). The number of hydrogen-bond acceptors (Lipinski definition) is 5. The van der Waals surface area contributed by atoms with Crippen LogP contribution < -0.4 is 5.32 Å². The zero-order valence-electron chi connectivity index (χ0n) is 12.5. The molecule has 0 saturated heterocycles. The maximum atomic E-state index is 5.27. The van der Waals surface area contributed by atoms with Crippen molar-refractivity contribution in [1.29, 1.82) is 0 Å². The highest BCUT2D eigenvalue weighted by Gasteiger charge is 2.13. The Balaban J connectivity index is 1.73. The lowest BCUT2D eigenvalue weighted by molar-refractivity contribution is 0.389. The zero-order chi connectivity index (χ0) is 14.8. The van der Waals surface area contributed by atoms with Crippen LogP contribution in [0, 0.1) is 6.92 Å². The highest BCUT2D eigenvalue weighted by atomic mass is 32.1. The summed E-state index contributed by atoms with van der Waals surface area (Å²) in [6.45, 7) is 6.99. The summed E-state index contributed by atoms with van der Waals surface area (Å²) in [4.78, 5) is 4.50. The summed E-state index contributed by atoms with van der Waals surface area (Å²) in [5.74, 6) is 0.901. The topological polar surface area (TPSA) is 51.0 Å². The monoisotopic (exact) mass is 301 g/mol. The molecule has 3 aromatic rings. The summed E-state index contributed by atoms with van der Waals surface area (Å²) in [6, 6.07) is 4.50. The summed E-state index contributed by atoms with van der Waals surface area (Å²) >= 11 is 1.73. The van der Waals surface area contributed by atoms with Gasteiger partial charge in [0, 0.05) is 24.3 Å². The van der Waals surface area contributed by atoms with Gasteiger partial charge in [0.2, 0.25) is 0 Å². The number of aromatic nitrogens is 2. The second-order valence-corrected chi connectivity index (χ2v) is 6.14. The van der Waals surface area contributed by atoms with E-state index in [0.717, 1.165) is 29.9 Å². The summed E-state index contributed by atoms with van der Waals surface area (Å²) in [5.41, 5.74) is 4.49. The van der Waals surface area contributed by atoms with E-state index >= 15 is 0 Å². The molecule has 0 radical (unpaired) electrons. The van der Waals surface area contributed by atoms with E-state index in [0.29, 0.717) is 0 Å². The minimum absolute atomic E-state index is 0.239. The molecule has 1 N–H and O–H groups in total. The van der Waals surface area contributed by atoms with E-state index in [1.54, 1.807) is 11.3 Å². The van der Waals surface area contributed by atoms with Crippen LogP contribution in [-0.4, -0.2) is 10.1 Å². The molecule has 0 saturated carbocycles. The van der Waals surface area contributed by atoms with Crippen LogP contribution in [-0.2, 0) is 13.0 Å². The van der Waals surface area contributed by atoms with E-state index in [1.165, 1.54) is 15.8 Å². The molecule has 21 heavy (non-hydrogen) atoms. The number of pyridine rings is 1. The lowest BCUT2D eigenvalue weighted by atomic mass is 10.1. The predicted molar refractivity (Wildman–Crippen MR) is 85.5 cm³/mol.